The molecule has 2 atom stereocenters. The lowest BCUT2D eigenvalue weighted by Gasteiger charge is -2.36. The highest BCUT2D eigenvalue weighted by Gasteiger charge is 2.24. The summed E-state index contributed by atoms with van der Waals surface area (Å²) in [6, 6.07) is 11.6. The quantitative estimate of drug-likeness (QED) is 0.700. The molecule has 2 aromatic rings. The molecule has 3 heterocycles. The van der Waals surface area contributed by atoms with Crippen molar-refractivity contribution in [2.24, 2.45) is 11.7 Å². The van der Waals surface area contributed by atoms with Crippen molar-refractivity contribution in [1.29, 1.82) is 0 Å². The van der Waals surface area contributed by atoms with Crippen molar-refractivity contribution in [3.63, 3.8) is 0 Å². The number of nitrogens with one attached hydrogen (secondary N) is 1. The van der Waals surface area contributed by atoms with Gasteiger partial charge in [-0.05, 0) is 69.6 Å². The average molecular weight is 452 g/mol. The van der Waals surface area contributed by atoms with Crippen LogP contribution in [0.4, 0.5) is 11.5 Å². The summed E-state index contributed by atoms with van der Waals surface area (Å²) in [5.41, 5.74) is 7.82. The number of likely N-dealkylation sites (tertiary alicyclic amines) is 1. The summed E-state index contributed by atoms with van der Waals surface area (Å²) in [6.45, 7) is 8.17. The predicted octanol–water partition coefficient (Wildman–Crippen LogP) is 2.64. The number of primary amides is 1. The largest absolute Gasteiger partial charge is 0.372 e. The van der Waals surface area contributed by atoms with E-state index >= 15 is 0 Å². The molecular weight excluding hydrogens is 418 g/mol. The molecule has 4 rings (SSSR count). The molecule has 8 nitrogen and oxygen atoms in total. The number of carbonyl (C=O) groups excluding carboxylic acids is 2. The second-order valence-corrected chi connectivity index (χ2v) is 9.17. The maximum absolute atomic E-state index is 12.8. The Morgan fingerprint density at radius 2 is 1.85 bits per heavy atom. The van der Waals surface area contributed by atoms with Gasteiger partial charge in [-0.2, -0.15) is 0 Å². The molecule has 2 amide bonds. The Morgan fingerprint density at radius 1 is 1.12 bits per heavy atom. The smallest absolute Gasteiger partial charge is 0.257 e. The Kier molecular flexibility index (Phi) is 7.25. The van der Waals surface area contributed by atoms with Crippen molar-refractivity contribution >= 4 is 23.3 Å². The summed E-state index contributed by atoms with van der Waals surface area (Å²) in [6.07, 6.45) is 3.54. The van der Waals surface area contributed by atoms with E-state index in [1.807, 2.05) is 30.3 Å². The van der Waals surface area contributed by atoms with E-state index in [1.54, 1.807) is 6.20 Å². The zero-order valence-corrected chi connectivity index (χ0v) is 19.4. The van der Waals surface area contributed by atoms with Gasteiger partial charge in [0.15, 0.2) is 0 Å². The number of morpholine rings is 1. The number of ether oxygens (including phenoxy) is 1. The van der Waals surface area contributed by atoms with Crippen LogP contribution in [0.2, 0.25) is 0 Å². The Labute approximate surface area is 195 Å². The number of pyridine rings is 1. The number of rotatable bonds is 6. The van der Waals surface area contributed by atoms with Gasteiger partial charge in [0.1, 0.15) is 5.82 Å². The van der Waals surface area contributed by atoms with Gasteiger partial charge in [0.05, 0.1) is 17.8 Å². The molecule has 0 saturated carbocycles. The van der Waals surface area contributed by atoms with E-state index in [-0.39, 0.29) is 29.9 Å². The molecule has 3 N–H and O–H groups in total. The van der Waals surface area contributed by atoms with Gasteiger partial charge in [0, 0.05) is 37.4 Å². The molecule has 33 heavy (non-hydrogen) atoms. The monoisotopic (exact) mass is 451 g/mol. The molecule has 1 aromatic heterocycles. The number of anilines is 2. The van der Waals surface area contributed by atoms with Crippen LogP contribution in [0.3, 0.4) is 0 Å². The van der Waals surface area contributed by atoms with Crippen molar-refractivity contribution in [2.45, 2.75) is 45.4 Å². The summed E-state index contributed by atoms with van der Waals surface area (Å²) in [5, 5.41) is 2.98. The number of piperidine rings is 1. The van der Waals surface area contributed by atoms with E-state index < -0.39 is 0 Å². The van der Waals surface area contributed by atoms with Gasteiger partial charge in [-0.15, -0.1) is 0 Å². The fourth-order valence-corrected chi connectivity index (χ4v) is 4.66. The molecule has 0 radical (unpaired) electrons. The van der Waals surface area contributed by atoms with Gasteiger partial charge in [-0.3, -0.25) is 14.5 Å². The van der Waals surface area contributed by atoms with E-state index in [4.69, 9.17) is 10.5 Å². The highest BCUT2D eigenvalue weighted by Crippen LogP contribution is 2.21. The lowest BCUT2D eigenvalue weighted by Crippen LogP contribution is -2.45. The van der Waals surface area contributed by atoms with Gasteiger partial charge in [-0.1, -0.05) is 12.1 Å². The molecule has 2 aliphatic heterocycles. The van der Waals surface area contributed by atoms with Crippen LogP contribution in [0.1, 0.15) is 42.6 Å². The first-order chi connectivity index (χ1) is 15.9. The van der Waals surface area contributed by atoms with Crippen LogP contribution in [0.15, 0.2) is 42.6 Å². The Bertz CT molecular complexity index is 962. The fourth-order valence-electron chi connectivity index (χ4n) is 4.66. The lowest BCUT2D eigenvalue weighted by atomic mass is 9.96. The number of benzene rings is 1. The van der Waals surface area contributed by atoms with Gasteiger partial charge in [0.2, 0.25) is 5.91 Å². The normalized spacial score (nSPS) is 22.2. The summed E-state index contributed by atoms with van der Waals surface area (Å²) in [5.74, 6) is 0.464. The van der Waals surface area contributed by atoms with Crippen molar-refractivity contribution in [3.05, 3.63) is 53.7 Å². The van der Waals surface area contributed by atoms with E-state index in [1.165, 1.54) is 0 Å². The van der Waals surface area contributed by atoms with Crippen molar-refractivity contribution < 1.29 is 14.3 Å². The molecule has 0 bridgehead atoms. The van der Waals surface area contributed by atoms with Crippen LogP contribution in [0, 0.1) is 5.92 Å². The highest BCUT2D eigenvalue weighted by molar-refractivity contribution is 6.04. The van der Waals surface area contributed by atoms with Gasteiger partial charge < -0.3 is 20.7 Å². The third-order valence-electron chi connectivity index (χ3n) is 6.33. The number of carbonyl (C=O) groups is 2. The highest BCUT2D eigenvalue weighted by atomic mass is 16.5. The molecular formula is C25H33N5O3. The van der Waals surface area contributed by atoms with Gasteiger partial charge in [0.25, 0.3) is 5.91 Å². The molecule has 2 fully saturated rings. The summed E-state index contributed by atoms with van der Waals surface area (Å²) in [4.78, 5) is 33.2. The van der Waals surface area contributed by atoms with E-state index in [0.717, 1.165) is 62.6 Å². The maximum atomic E-state index is 12.8. The molecule has 8 heteroatoms. The van der Waals surface area contributed by atoms with Gasteiger partial charge >= 0.3 is 0 Å². The Morgan fingerprint density at radius 3 is 2.48 bits per heavy atom. The van der Waals surface area contributed by atoms with E-state index in [9.17, 15) is 9.59 Å². The van der Waals surface area contributed by atoms with Crippen LogP contribution < -0.4 is 16.0 Å². The molecule has 2 aliphatic rings. The first-order valence-corrected chi connectivity index (χ1v) is 11.7. The van der Waals surface area contributed by atoms with Crippen LogP contribution in [-0.2, 0) is 16.1 Å². The number of hydrogen-bond donors (Lipinski definition) is 2. The number of aromatic nitrogens is 1. The number of amides is 2. The van der Waals surface area contributed by atoms with Crippen LogP contribution in [0.25, 0.3) is 0 Å². The summed E-state index contributed by atoms with van der Waals surface area (Å²) < 4.78 is 5.78. The third kappa shape index (κ3) is 6.09. The Hall–Kier alpha value is -2.97. The van der Waals surface area contributed by atoms with Crippen LogP contribution in [0.5, 0.6) is 0 Å². The van der Waals surface area contributed by atoms with Gasteiger partial charge in [-0.25, -0.2) is 4.98 Å². The SMILES string of the molecule is C[C@@H]1CN(c2ccc(C(=O)Nc3cccc(CN4CCC(C(N)=O)CC4)c3)cn2)C[C@@H](C)O1. The molecule has 0 unspecified atom stereocenters. The molecule has 2 saturated heterocycles. The number of nitrogens with zero attached hydrogens (tertiary/aromatic N) is 3. The molecule has 176 valence electrons. The van der Waals surface area contributed by atoms with E-state index in [2.05, 4.69) is 40.0 Å². The first-order valence-electron chi connectivity index (χ1n) is 11.7. The molecule has 0 aliphatic carbocycles. The summed E-state index contributed by atoms with van der Waals surface area (Å²) >= 11 is 0. The molecule has 0 spiro atoms. The predicted molar refractivity (Wildman–Crippen MR) is 128 cm³/mol. The minimum absolute atomic E-state index is 0.0121. The van der Waals surface area contributed by atoms with Crippen LogP contribution >= 0.6 is 0 Å². The first kappa shape index (κ1) is 23.2. The second-order valence-electron chi connectivity index (χ2n) is 9.17. The average Bonchev–Trinajstić information content (AvgIpc) is 2.79. The van der Waals surface area contributed by atoms with Crippen LogP contribution in [-0.4, -0.2) is 60.1 Å². The number of hydrogen-bond acceptors (Lipinski definition) is 6. The zero-order valence-electron chi connectivity index (χ0n) is 19.4. The standard InChI is InChI=1S/C25H33N5O3/c1-17-14-30(15-18(2)33-17)23-7-6-21(13-27-23)25(32)28-22-5-3-4-19(12-22)16-29-10-8-20(9-11-29)24(26)31/h3-7,12-13,17-18,20H,8-11,14-16H2,1-2H3,(H2,26,31)(H,28,32)/t17-,18-/m1/s1. The van der Waals surface area contributed by atoms with Crippen molar-refractivity contribution in [1.82, 2.24) is 9.88 Å². The second kappa shape index (κ2) is 10.3. The Balaban J connectivity index is 1.33. The minimum atomic E-state index is -0.198. The maximum Gasteiger partial charge on any atom is 0.257 e. The summed E-state index contributed by atoms with van der Waals surface area (Å²) in [7, 11) is 0. The number of nitrogens with two attached hydrogens (primary N) is 1. The third-order valence-corrected chi connectivity index (χ3v) is 6.33. The van der Waals surface area contributed by atoms with Crippen molar-refractivity contribution in [2.75, 3.05) is 36.4 Å². The van der Waals surface area contributed by atoms with Crippen molar-refractivity contribution in [3.8, 4) is 0 Å². The molecule has 1 aromatic carbocycles. The topological polar surface area (TPSA) is 101 Å². The zero-order chi connectivity index (χ0) is 23.4. The van der Waals surface area contributed by atoms with E-state index in [0.29, 0.717) is 5.56 Å². The fraction of sp³-hybridized carbons (Fsp3) is 0.480. The lowest BCUT2D eigenvalue weighted by molar-refractivity contribution is -0.123. The minimum Gasteiger partial charge on any atom is -0.372 e.